The van der Waals surface area contributed by atoms with Gasteiger partial charge in [0.05, 0.1) is 28.3 Å². The second kappa shape index (κ2) is 5.10. The van der Waals surface area contributed by atoms with E-state index in [4.69, 9.17) is 27.9 Å². The molecule has 20 heavy (non-hydrogen) atoms. The lowest BCUT2D eigenvalue weighted by molar-refractivity contribution is 0.0996. The maximum Gasteiger partial charge on any atom is 0.242 e. The lowest BCUT2D eigenvalue weighted by Gasteiger charge is -2.20. The third kappa shape index (κ3) is 2.44. The van der Waals surface area contributed by atoms with E-state index in [9.17, 15) is 12.8 Å². The summed E-state index contributed by atoms with van der Waals surface area (Å²) >= 11 is 11.3. The number of rotatable bonds is 3. The monoisotopic (exact) mass is 339 g/mol. The Morgan fingerprint density at radius 3 is 2.65 bits per heavy atom. The van der Waals surface area contributed by atoms with Gasteiger partial charge < -0.3 is 4.74 Å². The van der Waals surface area contributed by atoms with Gasteiger partial charge in [0.15, 0.2) is 5.82 Å². The minimum absolute atomic E-state index is 0.106. The van der Waals surface area contributed by atoms with Crippen molar-refractivity contribution >= 4 is 33.2 Å². The second-order valence-electron chi connectivity index (χ2n) is 5.01. The fourth-order valence-corrected chi connectivity index (χ4v) is 4.76. The van der Waals surface area contributed by atoms with Gasteiger partial charge in [-0.2, -0.15) is 0 Å². The number of ether oxygens (including phenoxy) is 1. The highest BCUT2D eigenvalue weighted by atomic mass is 35.5. The zero-order valence-electron chi connectivity index (χ0n) is 10.3. The predicted molar refractivity (Wildman–Crippen MR) is 73.0 cm³/mol. The van der Waals surface area contributed by atoms with E-state index in [1.54, 1.807) is 0 Å². The van der Waals surface area contributed by atoms with Crippen molar-refractivity contribution in [1.82, 2.24) is 4.72 Å². The normalized spacial score (nSPS) is 29.1. The first-order chi connectivity index (χ1) is 9.38. The van der Waals surface area contributed by atoms with E-state index in [-0.39, 0.29) is 28.2 Å². The Balaban J connectivity index is 1.87. The molecule has 3 atom stereocenters. The maximum atomic E-state index is 13.6. The smallest absolute Gasteiger partial charge is 0.242 e. The van der Waals surface area contributed by atoms with Crippen molar-refractivity contribution in [3.05, 3.63) is 28.0 Å². The summed E-state index contributed by atoms with van der Waals surface area (Å²) in [6.45, 7) is 0. The molecule has 2 heterocycles. The quantitative estimate of drug-likeness (QED) is 0.861. The van der Waals surface area contributed by atoms with Gasteiger partial charge in [-0.25, -0.2) is 17.5 Å². The number of fused-ring (bicyclic) bond motifs is 2. The molecule has 110 valence electrons. The Hall–Kier alpha value is -0.400. The second-order valence-corrected chi connectivity index (χ2v) is 7.48. The Labute approximate surface area is 126 Å². The van der Waals surface area contributed by atoms with Crippen molar-refractivity contribution in [1.29, 1.82) is 0 Å². The first kappa shape index (κ1) is 14.5. The summed E-state index contributed by atoms with van der Waals surface area (Å²) in [5.41, 5.74) is 0. The van der Waals surface area contributed by atoms with Crippen molar-refractivity contribution in [2.45, 2.75) is 42.4 Å². The minimum atomic E-state index is -3.90. The van der Waals surface area contributed by atoms with Crippen LogP contribution in [0.25, 0.3) is 0 Å². The number of halogens is 3. The molecule has 8 heteroatoms. The van der Waals surface area contributed by atoms with E-state index >= 15 is 0 Å². The highest BCUT2D eigenvalue weighted by Crippen LogP contribution is 2.36. The van der Waals surface area contributed by atoms with Gasteiger partial charge in [0.25, 0.3) is 0 Å². The van der Waals surface area contributed by atoms with Gasteiger partial charge in [-0.15, -0.1) is 0 Å². The molecule has 2 aliphatic rings. The molecule has 0 radical (unpaired) electrons. The fraction of sp³-hybridized carbons (Fsp3) is 0.500. The van der Waals surface area contributed by atoms with E-state index < -0.39 is 20.9 Å². The minimum Gasteiger partial charge on any atom is -0.373 e. The van der Waals surface area contributed by atoms with E-state index in [2.05, 4.69) is 4.72 Å². The Bertz CT molecular complexity index is 652. The molecule has 2 aliphatic heterocycles. The van der Waals surface area contributed by atoms with Crippen LogP contribution >= 0.6 is 23.2 Å². The average molecular weight is 340 g/mol. The van der Waals surface area contributed by atoms with Crippen LogP contribution in [0.4, 0.5) is 4.39 Å². The zero-order valence-corrected chi connectivity index (χ0v) is 12.6. The fourth-order valence-electron chi connectivity index (χ4n) is 2.74. The van der Waals surface area contributed by atoms with Crippen LogP contribution in [0.2, 0.25) is 10.0 Å². The molecule has 4 nitrogen and oxygen atoms in total. The largest absolute Gasteiger partial charge is 0.373 e. The van der Waals surface area contributed by atoms with Gasteiger partial charge >= 0.3 is 0 Å². The molecule has 3 rings (SSSR count). The third-order valence-corrected chi connectivity index (χ3v) is 6.01. The molecule has 0 saturated carbocycles. The first-order valence-electron chi connectivity index (χ1n) is 6.20. The number of hydrogen-bond acceptors (Lipinski definition) is 3. The lowest BCUT2D eigenvalue weighted by Crippen LogP contribution is -2.41. The van der Waals surface area contributed by atoms with Crippen LogP contribution < -0.4 is 4.72 Å². The zero-order chi connectivity index (χ0) is 14.5. The van der Waals surface area contributed by atoms with Crippen molar-refractivity contribution in [2.75, 3.05) is 0 Å². The molecular weight excluding hydrogens is 328 g/mol. The molecule has 0 aromatic heterocycles. The van der Waals surface area contributed by atoms with Crippen molar-refractivity contribution in [2.24, 2.45) is 0 Å². The standard InChI is InChI=1S/C12H12Cl2FNO3S/c13-7-2-4-10(11(14)12(7)15)20(17,18)16-8-5-6-1-3-9(8)19-6/h2,4,6,8-9,16H,1,3,5H2/t6-,8+,9-/m1/s1. The Morgan fingerprint density at radius 2 is 2.05 bits per heavy atom. The van der Waals surface area contributed by atoms with Crippen molar-refractivity contribution in [3.8, 4) is 0 Å². The first-order valence-corrected chi connectivity index (χ1v) is 8.43. The van der Waals surface area contributed by atoms with Gasteiger partial charge in [0.1, 0.15) is 4.90 Å². The molecule has 1 aromatic rings. The van der Waals surface area contributed by atoms with Crippen LogP contribution in [-0.4, -0.2) is 26.7 Å². The van der Waals surface area contributed by atoms with Gasteiger partial charge in [-0.3, -0.25) is 0 Å². The van der Waals surface area contributed by atoms with Crippen LogP contribution in [0, 0.1) is 5.82 Å². The molecule has 2 saturated heterocycles. The molecule has 0 spiro atoms. The molecule has 2 bridgehead atoms. The predicted octanol–water partition coefficient (Wildman–Crippen LogP) is 2.73. The van der Waals surface area contributed by atoms with E-state index in [1.807, 2.05) is 0 Å². The number of benzene rings is 1. The maximum absolute atomic E-state index is 13.6. The highest BCUT2D eigenvalue weighted by molar-refractivity contribution is 7.89. The molecule has 0 aliphatic carbocycles. The van der Waals surface area contributed by atoms with Crippen LogP contribution in [0.5, 0.6) is 0 Å². The van der Waals surface area contributed by atoms with Gasteiger partial charge in [-0.1, -0.05) is 23.2 Å². The summed E-state index contributed by atoms with van der Waals surface area (Å²) in [6.07, 6.45) is 2.44. The third-order valence-electron chi connectivity index (χ3n) is 3.70. The van der Waals surface area contributed by atoms with Crippen LogP contribution in [0.15, 0.2) is 17.0 Å². The van der Waals surface area contributed by atoms with Crippen LogP contribution in [-0.2, 0) is 14.8 Å². The molecule has 2 fully saturated rings. The van der Waals surface area contributed by atoms with E-state index in [1.165, 1.54) is 12.1 Å². The summed E-state index contributed by atoms with van der Waals surface area (Å²) in [7, 11) is -3.90. The Morgan fingerprint density at radius 1 is 1.30 bits per heavy atom. The summed E-state index contributed by atoms with van der Waals surface area (Å²) in [5.74, 6) is -0.930. The number of nitrogens with one attached hydrogen (secondary N) is 1. The summed E-state index contributed by atoms with van der Waals surface area (Å²) in [6, 6.07) is 2.09. The van der Waals surface area contributed by atoms with Gasteiger partial charge in [0, 0.05) is 0 Å². The van der Waals surface area contributed by atoms with Crippen LogP contribution in [0.1, 0.15) is 19.3 Å². The van der Waals surface area contributed by atoms with E-state index in [0.717, 1.165) is 12.8 Å². The summed E-state index contributed by atoms with van der Waals surface area (Å²) in [5, 5.41) is -0.703. The highest BCUT2D eigenvalue weighted by Gasteiger charge is 2.42. The number of sulfonamides is 1. The SMILES string of the molecule is O=S(=O)(N[C@H]1C[C@H]2CC[C@H]1O2)c1ccc(Cl)c(F)c1Cl. The number of hydrogen-bond donors (Lipinski definition) is 1. The van der Waals surface area contributed by atoms with Crippen molar-refractivity contribution < 1.29 is 17.5 Å². The Kier molecular flexibility index (Phi) is 3.71. The van der Waals surface area contributed by atoms with Gasteiger partial charge in [-0.05, 0) is 31.4 Å². The topological polar surface area (TPSA) is 55.4 Å². The summed E-state index contributed by atoms with van der Waals surface area (Å²) in [4.78, 5) is -0.302. The molecular formula is C12H12Cl2FNO3S. The molecule has 1 N–H and O–H groups in total. The molecule has 1 aromatic carbocycles. The van der Waals surface area contributed by atoms with E-state index in [0.29, 0.717) is 6.42 Å². The average Bonchev–Trinajstić information content (AvgIpc) is 2.97. The molecule has 0 unspecified atom stereocenters. The summed E-state index contributed by atoms with van der Waals surface area (Å²) < 4.78 is 46.3. The van der Waals surface area contributed by atoms with Gasteiger partial charge in [0.2, 0.25) is 10.0 Å². The lowest BCUT2D eigenvalue weighted by atomic mass is 9.96. The van der Waals surface area contributed by atoms with Crippen LogP contribution in [0.3, 0.4) is 0 Å². The van der Waals surface area contributed by atoms with Crippen molar-refractivity contribution in [3.63, 3.8) is 0 Å². The molecule has 0 amide bonds.